The quantitative estimate of drug-likeness (QED) is 0.906. The molecule has 3 atom stereocenters. The van der Waals surface area contributed by atoms with Gasteiger partial charge in [-0.25, -0.2) is 0 Å². The molecule has 22 heavy (non-hydrogen) atoms. The van der Waals surface area contributed by atoms with Crippen LogP contribution in [0.25, 0.3) is 0 Å². The molecule has 0 amide bonds. The van der Waals surface area contributed by atoms with Crippen LogP contribution >= 0.6 is 0 Å². The zero-order chi connectivity index (χ0) is 16.3. The molecule has 0 radical (unpaired) electrons. The summed E-state index contributed by atoms with van der Waals surface area (Å²) >= 11 is 0. The molecule has 1 heterocycles. The maximum absolute atomic E-state index is 10.3. The number of rotatable bonds is 5. The standard InChI is InChI=1S/C19H31NO2/c1-13-7-16(4)17(5)19(8-13)22-12-18(21)11-20-9-14(2)6-15(3)10-20/h7-8,14-15,18,21H,6,9-12H2,1-5H3/t14-,15-,18-/m1/s1. The van der Waals surface area contributed by atoms with Crippen LogP contribution in [-0.4, -0.2) is 42.4 Å². The van der Waals surface area contributed by atoms with Crippen molar-refractivity contribution in [2.45, 2.75) is 47.1 Å². The van der Waals surface area contributed by atoms with E-state index in [1.807, 2.05) is 0 Å². The predicted molar refractivity (Wildman–Crippen MR) is 91.5 cm³/mol. The molecule has 1 fully saturated rings. The first-order chi connectivity index (χ1) is 10.3. The van der Waals surface area contributed by atoms with Crippen molar-refractivity contribution in [3.8, 4) is 5.75 Å². The van der Waals surface area contributed by atoms with E-state index in [4.69, 9.17) is 4.74 Å². The third kappa shape index (κ3) is 4.72. The first-order valence-electron chi connectivity index (χ1n) is 8.46. The summed E-state index contributed by atoms with van der Waals surface area (Å²) in [5.41, 5.74) is 3.60. The third-order valence-electron chi connectivity index (χ3n) is 4.61. The van der Waals surface area contributed by atoms with Crippen molar-refractivity contribution in [2.24, 2.45) is 11.8 Å². The number of likely N-dealkylation sites (tertiary alicyclic amines) is 1. The van der Waals surface area contributed by atoms with Gasteiger partial charge in [0.25, 0.3) is 0 Å². The lowest BCUT2D eigenvalue weighted by Gasteiger charge is -2.36. The average molecular weight is 305 g/mol. The van der Waals surface area contributed by atoms with Crippen LogP contribution in [0.3, 0.4) is 0 Å². The Labute approximate surface area is 135 Å². The number of nitrogens with zero attached hydrogens (tertiary/aromatic N) is 1. The monoisotopic (exact) mass is 305 g/mol. The molecule has 0 aliphatic carbocycles. The highest BCUT2D eigenvalue weighted by atomic mass is 16.5. The van der Waals surface area contributed by atoms with Gasteiger partial charge in [0.15, 0.2) is 0 Å². The molecule has 124 valence electrons. The van der Waals surface area contributed by atoms with Gasteiger partial charge in [-0.05, 0) is 61.8 Å². The van der Waals surface area contributed by atoms with Crippen molar-refractivity contribution in [1.82, 2.24) is 4.90 Å². The molecule has 1 aromatic rings. The van der Waals surface area contributed by atoms with E-state index in [9.17, 15) is 5.11 Å². The van der Waals surface area contributed by atoms with Crippen molar-refractivity contribution in [2.75, 3.05) is 26.2 Å². The summed E-state index contributed by atoms with van der Waals surface area (Å²) in [6, 6.07) is 4.22. The maximum Gasteiger partial charge on any atom is 0.122 e. The number of aliphatic hydroxyl groups is 1. The minimum absolute atomic E-state index is 0.364. The Kier molecular flexibility index (Phi) is 5.87. The minimum atomic E-state index is -0.433. The van der Waals surface area contributed by atoms with Crippen LogP contribution in [0.4, 0.5) is 0 Å². The highest BCUT2D eigenvalue weighted by molar-refractivity contribution is 5.41. The fourth-order valence-electron chi connectivity index (χ4n) is 3.63. The molecule has 1 N–H and O–H groups in total. The molecular formula is C19H31NO2. The predicted octanol–water partition coefficient (Wildman–Crippen LogP) is 3.33. The topological polar surface area (TPSA) is 32.7 Å². The van der Waals surface area contributed by atoms with Gasteiger partial charge in [0.05, 0.1) is 0 Å². The van der Waals surface area contributed by atoms with E-state index in [1.165, 1.54) is 17.5 Å². The van der Waals surface area contributed by atoms with Gasteiger partial charge in [0, 0.05) is 19.6 Å². The second-order valence-electron chi connectivity index (χ2n) is 7.33. The lowest BCUT2D eigenvalue weighted by atomic mass is 9.92. The van der Waals surface area contributed by atoms with Crippen LogP contribution < -0.4 is 4.74 Å². The summed E-state index contributed by atoms with van der Waals surface area (Å²) < 4.78 is 5.88. The van der Waals surface area contributed by atoms with Crippen LogP contribution in [0.5, 0.6) is 5.75 Å². The molecule has 0 bridgehead atoms. The van der Waals surface area contributed by atoms with Crippen LogP contribution in [0, 0.1) is 32.6 Å². The number of piperidine rings is 1. The van der Waals surface area contributed by atoms with Crippen molar-refractivity contribution < 1.29 is 9.84 Å². The Balaban J connectivity index is 1.86. The van der Waals surface area contributed by atoms with Gasteiger partial charge in [-0.3, -0.25) is 0 Å². The van der Waals surface area contributed by atoms with E-state index >= 15 is 0 Å². The second-order valence-corrected chi connectivity index (χ2v) is 7.33. The van der Waals surface area contributed by atoms with Gasteiger partial charge in [-0.1, -0.05) is 19.9 Å². The fourth-order valence-corrected chi connectivity index (χ4v) is 3.63. The summed E-state index contributed by atoms with van der Waals surface area (Å²) in [5.74, 6) is 2.34. The molecular weight excluding hydrogens is 274 g/mol. The van der Waals surface area contributed by atoms with E-state index in [1.54, 1.807) is 0 Å². The summed E-state index contributed by atoms with van der Waals surface area (Å²) in [7, 11) is 0. The Morgan fingerprint density at radius 3 is 2.45 bits per heavy atom. The largest absolute Gasteiger partial charge is 0.491 e. The first kappa shape index (κ1) is 17.3. The molecule has 0 unspecified atom stereocenters. The lowest BCUT2D eigenvalue weighted by Crippen LogP contribution is -2.44. The third-order valence-corrected chi connectivity index (χ3v) is 4.61. The maximum atomic E-state index is 10.3. The van der Waals surface area contributed by atoms with Crippen LogP contribution in [0.2, 0.25) is 0 Å². The Morgan fingerprint density at radius 2 is 1.82 bits per heavy atom. The summed E-state index contributed by atoms with van der Waals surface area (Å²) in [6.45, 7) is 14.1. The second kappa shape index (κ2) is 7.47. The number of hydrogen-bond acceptors (Lipinski definition) is 3. The van der Waals surface area contributed by atoms with Crippen molar-refractivity contribution in [3.05, 3.63) is 28.8 Å². The molecule has 1 aliphatic heterocycles. The average Bonchev–Trinajstić information content (AvgIpc) is 2.40. The molecule has 2 rings (SSSR count). The fraction of sp³-hybridized carbons (Fsp3) is 0.684. The van der Waals surface area contributed by atoms with E-state index in [-0.39, 0.29) is 0 Å². The van der Waals surface area contributed by atoms with Gasteiger partial charge < -0.3 is 14.7 Å². The molecule has 0 saturated carbocycles. The summed E-state index contributed by atoms with van der Waals surface area (Å²) in [4.78, 5) is 2.38. The first-order valence-corrected chi connectivity index (χ1v) is 8.46. The van der Waals surface area contributed by atoms with E-state index in [0.29, 0.717) is 13.2 Å². The Morgan fingerprint density at radius 1 is 1.18 bits per heavy atom. The Bertz CT molecular complexity index is 490. The van der Waals surface area contributed by atoms with E-state index in [0.717, 1.165) is 36.2 Å². The van der Waals surface area contributed by atoms with Crippen molar-refractivity contribution in [1.29, 1.82) is 0 Å². The molecule has 1 saturated heterocycles. The number of hydrogen-bond donors (Lipinski definition) is 1. The number of benzene rings is 1. The zero-order valence-electron chi connectivity index (χ0n) is 14.7. The highest BCUT2D eigenvalue weighted by Gasteiger charge is 2.23. The number of aryl methyl sites for hydroxylation is 2. The van der Waals surface area contributed by atoms with Gasteiger partial charge in [0.2, 0.25) is 0 Å². The summed E-state index contributed by atoms with van der Waals surface area (Å²) in [5, 5.41) is 10.3. The van der Waals surface area contributed by atoms with Crippen LogP contribution in [0.15, 0.2) is 12.1 Å². The van der Waals surface area contributed by atoms with Gasteiger partial charge in [-0.2, -0.15) is 0 Å². The van der Waals surface area contributed by atoms with Gasteiger partial charge in [-0.15, -0.1) is 0 Å². The molecule has 1 aliphatic rings. The lowest BCUT2D eigenvalue weighted by molar-refractivity contribution is 0.0427. The zero-order valence-corrected chi connectivity index (χ0v) is 14.7. The van der Waals surface area contributed by atoms with Crippen LogP contribution in [0.1, 0.15) is 37.0 Å². The van der Waals surface area contributed by atoms with Gasteiger partial charge >= 0.3 is 0 Å². The van der Waals surface area contributed by atoms with Crippen molar-refractivity contribution in [3.63, 3.8) is 0 Å². The van der Waals surface area contributed by atoms with E-state index < -0.39 is 6.10 Å². The number of aliphatic hydroxyl groups excluding tert-OH is 1. The van der Waals surface area contributed by atoms with Crippen LogP contribution in [-0.2, 0) is 0 Å². The molecule has 3 heteroatoms. The molecule has 1 aromatic carbocycles. The Hall–Kier alpha value is -1.06. The van der Waals surface area contributed by atoms with Crippen molar-refractivity contribution >= 4 is 0 Å². The smallest absolute Gasteiger partial charge is 0.122 e. The number of β-amino-alcohol motifs (C(OH)–C–C–N with tert-alkyl or cyclic N) is 1. The molecule has 0 spiro atoms. The molecule has 0 aromatic heterocycles. The SMILES string of the molecule is Cc1cc(C)c(C)c(OC[C@H](O)CN2C[C@H](C)C[C@@H](C)C2)c1. The van der Waals surface area contributed by atoms with Gasteiger partial charge in [0.1, 0.15) is 18.5 Å². The highest BCUT2D eigenvalue weighted by Crippen LogP contribution is 2.24. The normalized spacial score (nSPS) is 24.3. The van der Waals surface area contributed by atoms with E-state index in [2.05, 4.69) is 51.7 Å². The minimum Gasteiger partial charge on any atom is -0.491 e. The summed E-state index contributed by atoms with van der Waals surface area (Å²) in [6.07, 6.45) is 0.864. The number of ether oxygens (including phenoxy) is 1. The molecule has 3 nitrogen and oxygen atoms in total.